The fourth-order valence-electron chi connectivity index (χ4n) is 2.34. The van der Waals surface area contributed by atoms with Gasteiger partial charge in [0.15, 0.2) is 0 Å². The average Bonchev–Trinajstić information content (AvgIpc) is 2.76. The Balaban J connectivity index is 2.02. The summed E-state index contributed by atoms with van der Waals surface area (Å²) in [4.78, 5) is 4.74. The van der Waals surface area contributed by atoms with Crippen molar-refractivity contribution in [2.45, 2.75) is 6.42 Å². The van der Waals surface area contributed by atoms with E-state index < -0.39 is 0 Å². The van der Waals surface area contributed by atoms with Crippen molar-refractivity contribution in [3.05, 3.63) is 59.9 Å². The fraction of sp³-hybridized carbons (Fsp3) is 0.188. The zero-order valence-electron chi connectivity index (χ0n) is 11.2. The third kappa shape index (κ3) is 2.19. The molecule has 2 aromatic carbocycles. The van der Waals surface area contributed by atoms with Crippen LogP contribution in [0.2, 0.25) is 0 Å². The lowest BCUT2D eigenvalue weighted by Gasteiger charge is -2.02. The summed E-state index contributed by atoms with van der Waals surface area (Å²) in [5.41, 5.74) is 4.59. The highest BCUT2D eigenvalue weighted by molar-refractivity contribution is 5.80. The van der Waals surface area contributed by atoms with Crippen molar-refractivity contribution in [1.29, 1.82) is 0 Å². The molecular weight excluding hydrogens is 234 g/mol. The third-order valence-electron chi connectivity index (χ3n) is 3.47. The van der Waals surface area contributed by atoms with Crippen molar-refractivity contribution in [3.8, 4) is 0 Å². The number of imidazole rings is 1. The van der Waals surface area contributed by atoms with Crippen LogP contribution in [0.1, 0.15) is 11.4 Å². The molecule has 0 atom stereocenters. The number of benzene rings is 2. The van der Waals surface area contributed by atoms with Gasteiger partial charge >= 0.3 is 0 Å². The Kier molecular flexibility index (Phi) is 2.95. The van der Waals surface area contributed by atoms with Crippen LogP contribution in [0, 0.1) is 0 Å². The number of aryl methyl sites for hydroxylation is 1. The van der Waals surface area contributed by atoms with Gasteiger partial charge in [-0.3, -0.25) is 0 Å². The van der Waals surface area contributed by atoms with E-state index in [4.69, 9.17) is 4.98 Å². The first kappa shape index (κ1) is 11.8. The Morgan fingerprint density at radius 1 is 1.11 bits per heavy atom. The maximum atomic E-state index is 4.74. The maximum Gasteiger partial charge on any atom is 0.114 e. The molecule has 1 heterocycles. The van der Waals surface area contributed by atoms with Gasteiger partial charge in [-0.2, -0.15) is 0 Å². The van der Waals surface area contributed by atoms with Crippen molar-refractivity contribution >= 4 is 16.7 Å². The number of hydrogen-bond donors (Lipinski definition) is 1. The van der Waals surface area contributed by atoms with E-state index in [1.54, 1.807) is 0 Å². The smallest absolute Gasteiger partial charge is 0.114 e. The molecule has 3 rings (SSSR count). The Morgan fingerprint density at radius 3 is 2.63 bits per heavy atom. The molecule has 3 heteroatoms. The van der Waals surface area contributed by atoms with Gasteiger partial charge in [-0.05, 0) is 23.8 Å². The lowest BCUT2D eigenvalue weighted by Crippen LogP contribution is -1.98. The van der Waals surface area contributed by atoms with Crippen LogP contribution in [0.15, 0.2) is 48.5 Å². The molecule has 19 heavy (non-hydrogen) atoms. The minimum atomic E-state index is 0.862. The molecule has 0 aliphatic rings. The van der Waals surface area contributed by atoms with Gasteiger partial charge in [0.1, 0.15) is 5.82 Å². The van der Waals surface area contributed by atoms with E-state index in [-0.39, 0.29) is 0 Å². The summed E-state index contributed by atoms with van der Waals surface area (Å²) in [5.74, 6) is 1.09. The quantitative estimate of drug-likeness (QED) is 0.774. The van der Waals surface area contributed by atoms with Crippen LogP contribution in [0.4, 0.5) is 5.69 Å². The molecule has 1 N–H and O–H groups in total. The third-order valence-corrected chi connectivity index (χ3v) is 3.47. The van der Waals surface area contributed by atoms with Gasteiger partial charge in [-0.25, -0.2) is 4.98 Å². The van der Waals surface area contributed by atoms with Crippen molar-refractivity contribution in [1.82, 2.24) is 9.55 Å². The molecule has 0 amide bonds. The average molecular weight is 251 g/mol. The highest BCUT2D eigenvalue weighted by Gasteiger charge is 2.08. The summed E-state index contributed by atoms with van der Waals surface area (Å²) in [6, 6.07) is 16.7. The molecule has 0 saturated carbocycles. The summed E-state index contributed by atoms with van der Waals surface area (Å²) in [5, 5.41) is 3.15. The number of nitrogens with zero attached hydrogens (tertiary/aromatic N) is 2. The second-order valence-corrected chi connectivity index (χ2v) is 4.70. The summed E-state index contributed by atoms with van der Waals surface area (Å²) in [6.07, 6.45) is 0.862. The van der Waals surface area contributed by atoms with E-state index >= 15 is 0 Å². The van der Waals surface area contributed by atoms with E-state index in [9.17, 15) is 0 Å². The van der Waals surface area contributed by atoms with Gasteiger partial charge in [-0.1, -0.05) is 30.3 Å². The highest BCUT2D eigenvalue weighted by Crippen LogP contribution is 2.20. The Labute approximate surface area is 112 Å². The van der Waals surface area contributed by atoms with Crippen LogP contribution < -0.4 is 5.32 Å². The number of aromatic nitrogens is 2. The summed E-state index contributed by atoms with van der Waals surface area (Å²) in [7, 11) is 4.00. The monoisotopic (exact) mass is 251 g/mol. The SMILES string of the molecule is CNc1ccc2c(c1)nc(Cc1ccccc1)n2C. The largest absolute Gasteiger partial charge is 0.388 e. The second kappa shape index (κ2) is 4.76. The topological polar surface area (TPSA) is 29.9 Å². The van der Waals surface area contributed by atoms with Gasteiger partial charge in [-0.15, -0.1) is 0 Å². The highest BCUT2D eigenvalue weighted by atomic mass is 15.1. The number of nitrogens with one attached hydrogen (secondary N) is 1. The molecule has 0 aliphatic carbocycles. The molecule has 0 unspecified atom stereocenters. The Morgan fingerprint density at radius 2 is 1.89 bits per heavy atom. The molecule has 0 saturated heterocycles. The normalized spacial score (nSPS) is 10.8. The van der Waals surface area contributed by atoms with Gasteiger partial charge in [0.05, 0.1) is 11.0 Å². The van der Waals surface area contributed by atoms with E-state index in [0.717, 1.165) is 23.4 Å². The van der Waals surface area contributed by atoms with Crippen LogP contribution in [0.25, 0.3) is 11.0 Å². The molecule has 3 nitrogen and oxygen atoms in total. The van der Waals surface area contributed by atoms with Gasteiger partial charge in [0.2, 0.25) is 0 Å². The first-order valence-corrected chi connectivity index (χ1v) is 6.45. The summed E-state index contributed by atoms with van der Waals surface area (Å²) < 4.78 is 2.17. The number of anilines is 1. The summed E-state index contributed by atoms with van der Waals surface area (Å²) in [6.45, 7) is 0. The predicted octanol–water partition coefficient (Wildman–Crippen LogP) is 3.21. The molecule has 1 aromatic heterocycles. The van der Waals surface area contributed by atoms with Crippen LogP contribution in [-0.2, 0) is 13.5 Å². The second-order valence-electron chi connectivity index (χ2n) is 4.70. The lowest BCUT2D eigenvalue weighted by molar-refractivity contribution is 0.845. The number of fused-ring (bicyclic) bond motifs is 1. The van der Waals surface area contributed by atoms with E-state index in [1.165, 1.54) is 11.1 Å². The van der Waals surface area contributed by atoms with Crippen molar-refractivity contribution in [2.24, 2.45) is 7.05 Å². The molecular formula is C16H17N3. The van der Waals surface area contributed by atoms with Crippen molar-refractivity contribution in [3.63, 3.8) is 0 Å². The standard InChI is InChI=1S/C16H17N3/c1-17-13-8-9-15-14(11-13)18-16(19(15)2)10-12-6-4-3-5-7-12/h3-9,11,17H,10H2,1-2H3. The van der Waals surface area contributed by atoms with Gasteiger partial charge in [0.25, 0.3) is 0 Å². The molecule has 0 radical (unpaired) electrons. The number of rotatable bonds is 3. The Bertz CT molecular complexity index is 699. The molecule has 0 bridgehead atoms. The van der Waals surface area contributed by atoms with Crippen molar-refractivity contribution < 1.29 is 0 Å². The molecule has 0 aliphatic heterocycles. The van der Waals surface area contributed by atoms with Crippen LogP contribution in [0.3, 0.4) is 0 Å². The first-order valence-electron chi connectivity index (χ1n) is 6.45. The minimum absolute atomic E-state index is 0.862. The lowest BCUT2D eigenvalue weighted by atomic mass is 10.1. The van der Waals surface area contributed by atoms with E-state index in [0.29, 0.717) is 0 Å². The molecule has 96 valence electrons. The van der Waals surface area contributed by atoms with Crippen LogP contribution in [-0.4, -0.2) is 16.6 Å². The zero-order valence-corrected chi connectivity index (χ0v) is 11.2. The molecule has 0 spiro atoms. The van der Waals surface area contributed by atoms with E-state index in [1.807, 2.05) is 13.1 Å². The molecule has 3 aromatic rings. The predicted molar refractivity (Wildman–Crippen MR) is 79.5 cm³/mol. The van der Waals surface area contributed by atoms with Gasteiger partial charge in [0, 0.05) is 26.2 Å². The van der Waals surface area contributed by atoms with Crippen LogP contribution in [0.5, 0.6) is 0 Å². The maximum absolute atomic E-state index is 4.74. The van der Waals surface area contributed by atoms with Crippen molar-refractivity contribution in [2.75, 3.05) is 12.4 Å². The Hall–Kier alpha value is -2.29. The van der Waals surface area contributed by atoms with E-state index in [2.05, 4.69) is 59.4 Å². The van der Waals surface area contributed by atoms with Crippen LogP contribution >= 0.6 is 0 Å². The van der Waals surface area contributed by atoms with Gasteiger partial charge < -0.3 is 9.88 Å². The molecule has 0 fully saturated rings. The number of hydrogen-bond acceptors (Lipinski definition) is 2. The minimum Gasteiger partial charge on any atom is -0.388 e. The zero-order chi connectivity index (χ0) is 13.2. The summed E-state index contributed by atoms with van der Waals surface area (Å²) >= 11 is 0. The first-order chi connectivity index (χ1) is 9.28. The fourth-order valence-corrected chi connectivity index (χ4v) is 2.34.